The molecule has 1 aromatic rings. The molecule has 0 saturated heterocycles. The van der Waals surface area contributed by atoms with Gasteiger partial charge in [-0.2, -0.15) is 0 Å². The highest BCUT2D eigenvalue weighted by atomic mass is 35.5. The third-order valence-electron chi connectivity index (χ3n) is 0.874. The molecule has 0 aliphatic heterocycles. The van der Waals surface area contributed by atoms with Crippen LogP contribution in [0.3, 0.4) is 0 Å². The lowest BCUT2D eigenvalue weighted by atomic mass is 10.5. The van der Waals surface area contributed by atoms with Gasteiger partial charge in [-0.25, -0.2) is 9.98 Å². The van der Waals surface area contributed by atoms with E-state index < -0.39 is 0 Å². The number of nitrogens with zero attached hydrogens (tertiary/aromatic N) is 2. The average Bonchev–Trinajstić information content (AvgIpc) is 1.90. The van der Waals surface area contributed by atoms with Crippen LogP contribution in [0.4, 0.5) is 5.82 Å². The van der Waals surface area contributed by atoms with E-state index in [1.807, 2.05) is 0 Å². The van der Waals surface area contributed by atoms with Crippen LogP contribution in [0.25, 0.3) is 0 Å². The van der Waals surface area contributed by atoms with Crippen molar-refractivity contribution in [2.45, 2.75) is 0 Å². The first-order chi connectivity index (χ1) is 4.33. The van der Waals surface area contributed by atoms with Crippen LogP contribution in [0.1, 0.15) is 0 Å². The molecule has 0 aromatic carbocycles. The fourth-order valence-corrected chi connectivity index (χ4v) is 0.573. The summed E-state index contributed by atoms with van der Waals surface area (Å²) >= 11 is 5.54. The van der Waals surface area contributed by atoms with Crippen molar-refractivity contribution in [2.75, 3.05) is 0 Å². The van der Waals surface area contributed by atoms with Gasteiger partial charge in [0.25, 0.3) is 0 Å². The topological polar surface area (TPSA) is 25.2 Å². The maximum Gasteiger partial charge on any atom is 0.151 e. The predicted molar refractivity (Wildman–Crippen MR) is 38.5 cm³/mol. The molecular formula is C6H5ClN2. The van der Waals surface area contributed by atoms with E-state index in [1.54, 1.807) is 12.1 Å². The molecule has 0 spiro atoms. The largest absolute Gasteiger partial charge is 0.245 e. The maximum atomic E-state index is 5.54. The summed E-state index contributed by atoms with van der Waals surface area (Å²) in [5.41, 5.74) is 0. The highest BCUT2D eigenvalue weighted by Crippen LogP contribution is 2.10. The summed E-state index contributed by atoms with van der Waals surface area (Å²) in [5, 5.41) is 0.613. The SMILES string of the molecule is C=Nc1ccc(Cl)cn1. The molecule has 1 heterocycles. The van der Waals surface area contributed by atoms with Gasteiger partial charge in [0.1, 0.15) is 0 Å². The molecule has 46 valence electrons. The summed E-state index contributed by atoms with van der Waals surface area (Å²) in [7, 11) is 0. The minimum absolute atomic E-state index is 0.597. The Morgan fingerprint density at radius 2 is 2.33 bits per heavy atom. The lowest BCUT2D eigenvalue weighted by Gasteiger charge is -1.88. The van der Waals surface area contributed by atoms with Crippen LogP contribution in [-0.2, 0) is 0 Å². The van der Waals surface area contributed by atoms with Crippen LogP contribution < -0.4 is 0 Å². The van der Waals surface area contributed by atoms with Crippen LogP contribution in [0, 0.1) is 0 Å². The van der Waals surface area contributed by atoms with Crippen molar-refractivity contribution in [3.8, 4) is 0 Å². The van der Waals surface area contributed by atoms with Gasteiger partial charge >= 0.3 is 0 Å². The van der Waals surface area contributed by atoms with Gasteiger partial charge in [0.15, 0.2) is 5.82 Å². The molecule has 0 aliphatic carbocycles. The predicted octanol–water partition coefficient (Wildman–Crippen LogP) is 2.07. The van der Waals surface area contributed by atoms with Gasteiger partial charge in [-0.3, -0.25) is 0 Å². The second-order valence-electron chi connectivity index (χ2n) is 1.49. The van der Waals surface area contributed by atoms with E-state index in [0.29, 0.717) is 10.8 Å². The van der Waals surface area contributed by atoms with Crippen LogP contribution >= 0.6 is 11.6 Å². The van der Waals surface area contributed by atoms with Crippen LogP contribution in [0.15, 0.2) is 23.3 Å². The third kappa shape index (κ3) is 1.50. The lowest BCUT2D eigenvalue weighted by Crippen LogP contribution is -1.70. The first-order valence-corrected chi connectivity index (χ1v) is 2.79. The Balaban J connectivity index is 3.01. The van der Waals surface area contributed by atoms with Gasteiger partial charge in [-0.05, 0) is 18.9 Å². The summed E-state index contributed by atoms with van der Waals surface area (Å²) in [6.45, 7) is 3.31. The van der Waals surface area contributed by atoms with E-state index in [4.69, 9.17) is 11.6 Å². The zero-order valence-corrected chi connectivity index (χ0v) is 5.47. The number of rotatable bonds is 1. The Hall–Kier alpha value is -0.890. The van der Waals surface area contributed by atoms with E-state index >= 15 is 0 Å². The van der Waals surface area contributed by atoms with Crippen LogP contribution in [0.5, 0.6) is 0 Å². The van der Waals surface area contributed by atoms with E-state index in [2.05, 4.69) is 16.7 Å². The fourth-order valence-electron chi connectivity index (χ4n) is 0.462. The van der Waals surface area contributed by atoms with Gasteiger partial charge in [-0.15, -0.1) is 0 Å². The molecule has 0 N–H and O–H groups in total. The van der Waals surface area contributed by atoms with Crippen molar-refractivity contribution in [3.05, 3.63) is 23.4 Å². The third-order valence-corrected chi connectivity index (χ3v) is 1.10. The normalized spacial score (nSPS) is 9.00. The van der Waals surface area contributed by atoms with E-state index in [-0.39, 0.29) is 0 Å². The van der Waals surface area contributed by atoms with Crippen molar-refractivity contribution >= 4 is 24.1 Å². The number of aliphatic imine (C=N–C) groups is 1. The molecule has 2 nitrogen and oxygen atoms in total. The van der Waals surface area contributed by atoms with Crippen molar-refractivity contribution in [1.82, 2.24) is 4.98 Å². The summed E-state index contributed by atoms with van der Waals surface area (Å²) < 4.78 is 0. The van der Waals surface area contributed by atoms with Crippen molar-refractivity contribution in [1.29, 1.82) is 0 Å². The number of hydrogen-bond donors (Lipinski definition) is 0. The lowest BCUT2D eigenvalue weighted by molar-refractivity contribution is 1.28. The zero-order chi connectivity index (χ0) is 6.69. The summed E-state index contributed by atoms with van der Waals surface area (Å²) in [4.78, 5) is 7.43. The quantitative estimate of drug-likeness (QED) is 0.549. The highest BCUT2D eigenvalue weighted by Gasteiger charge is 1.86. The summed E-state index contributed by atoms with van der Waals surface area (Å²) in [6.07, 6.45) is 1.53. The minimum Gasteiger partial charge on any atom is -0.245 e. The van der Waals surface area contributed by atoms with Gasteiger partial charge in [0, 0.05) is 6.20 Å². The minimum atomic E-state index is 0.597. The Morgan fingerprint density at radius 1 is 1.56 bits per heavy atom. The first-order valence-electron chi connectivity index (χ1n) is 2.41. The van der Waals surface area contributed by atoms with Crippen LogP contribution in [-0.4, -0.2) is 11.7 Å². The van der Waals surface area contributed by atoms with E-state index in [1.165, 1.54) is 6.20 Å². The standard InChI is InChI=1S/C6H5ClN2/c1-8-6-3-2-5(7)4-9-6/h2-4H,1H2. The summed E-state index contributed by atoms with van der Waals surface area (Å²) in [6, 6.07) is 3.42. The molecule has 0 saturated carbocycles. The highest BCUT2D eigenvalue weighted by molar-refractivity contribution is 6.30. The zero-order valence-electron chi connectivity index (χ0n) is 4.71. The number of hydrogen-bond acceptors (Lipinski definition) is 2. The van der Waals surface area contributed by atoms with Crippen molar-refractivity contribution < 1.29 is 0 Å². The van der Waals surface area contributed by atoms with Crippen molar-refractivity contribution in [3.63, 3.8) is 0 Å². The first kappa shape index (κ1) is 6.23. The Labute approximate surface area is 58.2 Å². The van der Waals surface area contributed by atoms with E-state index in [0.717, 1.165) is 0 Å². The van der Waals surface area contributed by atoms with Gasteiger partial charge in [0.05, 0.1) is 5.02 Å². The number of aromatic nitrogens is 1. The molecule has 0 radical (unpaired) electrons. The Morgan fingerprint density at radius 3 is 2.78 bits per heavy atom. The smallest absolute Gasteiger partial charge is 0.151 e. The maximum absolute atomic E-state index is 5.54. The number of pyridine rings is 1. The van der Waals surface area contributed by atoms with Gasteiger partial charge < -0.3 is 0 Å². The molecule has 0 atom stereocenters. The Kier molecular flexibility index (Phi) is 1.80. The molecule has 1 aromatic heterocycles. The second-order valence-corrected chi connectivity index (χ2v) is 1.93. The summed E-state index contributed by atoms with van der Waals surface area (Å²) in [5.74, 6) is 0.597. The second kappa shape index (κ2) is 2.60. The fraction of sp³-hybridized carbons (Fsp3) is 0. The van der Waals surface area contributed by atoms with Gasteiger partial charge in [0.2, 0.25) is 0 Å². The molecule has 0 amide bonds. The number of halogens is 1. The molecular weight excluding hydrogens is 136 g/mol. The Bertz CT molecular complexity index is 205. The van der Waals surface area contributed by atoms with Crippen LogP contribution in [0.2, 0.25) is 5.02 Å². The molecule has 0 bridgehead atoms. The van der Waals surface area contributed by atoms with E-state index in [9.17, 15) is 0 Å². The van der Waals surface area contributed by atoms with Gasteiger partial charge in [-0.1, -0.05) is 11.6 Å². The molecule has 0 unspecified atom stereocenters. The molecule has 1 rings (SSSR count). The average molecular weight is 141 g/mol. The van der Waals surface area contributed by atoms with Crippen molar-refractivity contribution in [2.24, 2.45) is 4.99 Å². The molecule has 9 heavy (non-hydrogen) atoms. The molecule has 3 heteroatoms. The molecule has 0 fully saturated rings. The molecule has 0 aliphatic rings. The monoisotopic (exact) mass is 140 g/mol.